The number of nitrogens with one attached hydrogen (secondary N) is 1. The zero-order valence-electron chi connectivity index (χ0n) is 28.4. The minimum absolute atomic E-state index is 0.241. The van der Waals surface area contributed by atoms with Crippen LogP contribution < -0.4 is 15.0 Å². The van der Waals surface area contributed by atoms with Crippen LogP contribution in [0.1, 0.15) is 11.8 Å². The molecule has 3 heteroatoms. The van der Waals surface area contributed by atoms with E-state index in [2.05, 4.69) is 198 Å². The van der Waals surface area contributed by atoms with Gasteiger partial charge in [0.2, 0.25) is 0 Å². The van der Waals surface area contributed by atoms with Crippen molar-refractivity contribution in [1.29, 1.82) is 0 Å². The normalized spacial score (nSPS) is 13.5. The van der Waals surface area contributed by atoms with Crippen LogP contribution >= 0.6 is 0 Å². The van der Waals surface area contributed by atoms with Crippen molar-refractivity contribution in [2.45, 2.75) is 6.23 Å². The number of ether oxygens (including phenoxy) is 1. The average Bonchev–Trinajstić information content (AvgIpc) is 3.69. The van der Waals surface area contributed by atoms with Gasteiger partial charge in [0, 0.05) is 33.1 Å². The van der Waals surface area contributed by atoms with E-state index in [1.54, 1.807) is 0 Å². The quantitative estimate of drug-likeness (QED) is 0.179. The standard InChI is InChI=1S/C49H34N2O/c1-3-12-33(13-4-1)34-22-27-39(28-23-34)51(46-21-11-17-36-14-7-8-18-41(36)46)40-29-24-35(25-30-40)38-26-31-43-42-19-9-10-20-44(42)48-47(45(43)32-38)50-49(52-48)37-15-5-2-6-16-37/h1-32,49-50H. The molecule has 0 amide bonds. The van der Waals surface area contributed by atoms with Crippen LogP contribution in [0, 0.1) is 0 Å². The number of fused-ring (bicyclic) bond motifs is 7. The summed E-state index contributed by atoms with van der Waals surface area (Å²) in [5, 5.41) is 10.8. The van der Waals surface area contributed by atoms with E-state index in [0.717, 1.165) is 56.0 Å². The Hall–Kier alpha value is -6.84. The summed E-state index contributed by atoms with van der Waals surface area (Å²) in [5.74, 6) is 0.911. The molecule has 0 spiro atoms. The average molecular weight is 667 g/mol. The molecule has 0 saturated heterocycles. The zero-order chi connectivity index (χ0) is 34.4. The van der Waals surface area contributed by atoms with Crippen LogP contribution in [0.2, 0.25) is 0 Å². The van der Waals surface area contributed by atoms with Crippen LogP contribution in [0.3, 0.4) is 0 Å². The molecule has 246 valence electrons. The van der Waals surface area contributed by atoms with Crippen molar-refractivity contribution >= 4 is 55.1 Å². The van der Waals surface area contributed by atoms with Gasteiger partial charge in [0.1, 0.15) is 0 Å². The fourth-order valence-corrected chi connectivity index (χ4v) is 7.73. The van der Waals surface area contributed by atoms with Crippen molar-refractivity contribution in [3.8, 4) is 28.0 Å². The second-order valence-corrected chi connectivity index (χ2v) is 13.4. The second kappa shape index (κ2) is 12.5. The molecule has 0 radical (unpaired) electrons. The summed E-state index contributed by atoms with van der Waals surface area (Å²) in [6.45, 7) is 0. The van der Waals surface area contributed by atoms with Gasteiger partial charge in [-0.2, -0.15) is 0 Å². The third-order valence-electron chi connectivity index (χ3n) is 10.3. The molecule has 0 aromatic heterocycles. The molecule has 10 rings (SSSR count). The number of hydrogen-bond donors (Lipinski definition) is 1. The van der Waals surface area contributed by atoms with Gasteiger partial charge in [0.05, 0.1) is 11.4 Å². The number of benzene rings is 9. The number of anilines is 4. The number of rotatable bonds is 6. The Morgan fingerprint density at radius 1 is 0.404 bits per heavy atom. The maximum atomic E-state index is 6.63. The molecule has 1 aliphatic heterocycles. The van der Waals surface area contributed by atoms with Crippen molar-refractivity contribution in [3.05, 3.63) is 200 Å². The fourth-order valence-electron chi connectivity index (χ4n) is 7.73. The highest BCUT2D eigenvalue weighted by Crippen LogP contribution is 2.49. The monoisotopic (exact) mass is 666 g/mol. The summed E-state index contributed by atoms with van der Waals surface area (Å²) >= 11 is 0. The van der Waals surface area contributed by atoms with Gasteiger partial charge in [-0.15, -0.1) is 0 Å². The molecular weight excluding hydrogens is 633 g/mol. The molecule has 1 N–H and O–H groups in total. The molecule has 1 heterocycles. The molecule has 9 aromatic carbocycles. The van der Waals surface area contributed by atoms with Crippen LogP contribution in [-0.4, -0.2) is 0 Å². The number of hydrogen-bond acceptors (Lipinski definition) is 3. The first-order valence-corrected chi connectivity index (χ1v) is 17.8. The zero-order valence-corrected chi connectivity index (χ0v) is 28.4. The van der Waals surface area contributed by atoms with Gasteiger partial charge in [-0.1, -0.05) is 158 Å². The Morgan fingerprint density at radius 3 is 1.67 bits per heavy atom. The molecule has 0 bridgehead atoms. The summed E-state index contributed by atoms with van der Waals surface area (Å²) in [6.07, 6.45) is -0.241. The highest BCUT2D eigenvalue weighted by atomic mass is 16.5. The van der Waals surface area contributed by atoms with Crippen molar-refractivity contribution in [1.82, 2.24) is 0 Å². The summed E-state index contributed by atoms with van der Waals surface area (Å²) in [6, 6.07) is 69.3. The predicted molar refractivity (Wildman–Crippen MR) is 218 cm³/mol. The molecule has 1 aliphatic rings. The van der Waals surface area contributed by atoms with E-state index in [-0.39, 0.29) is 6.23 Å². The molecular formula is C49H34N2O. The summed E-state index contributed by atoms with van der Waals surface area (Å²) in [4.78, 5) is 2.37. The van der Waals surface area contributed by atoms with E-state index in [1.807, 2.05) is 6.07 Å². The molecule has 0 saturated carbocycles. The second-order valence-electron chi connectivity index (χ2n) is 13.4. The Kier molecular flexibility index (Phi) is 7.21. The van der Waals surface area contributed by atoms with Gasteiger partial charge in [0.25, 0.3) is 0 Å². The molecule has 1 atom stereocenters. The molecule has 0 fully saturated rings. The summed E-state index contributed by atoms with van der Waals surface area (Å²) < 4.78 is 6.63. The van der Waals surface area contributed by atoms with Gasteiger partial charge >= 0.3 is 0 Å². The van der Waals surface area contributed by atoms with E-state index in [1.165, 1.54) is 32.7 Å². The lowest BCUT2D eigenvalue weighted by Crippen LogP contribution is -2.10. The minimum Gasteiger partial charge on any atom is -0.464 e. The third kappa shape index (κ3) is 5.14. The van der Waals surface area contributed by atoms with E-state index in [4.69, 9.17) is 4.74 Å². The van der Waals surface area contributed by atoms with Crippen molar-refractivity contribution in [2.75, 3.05) is 10.2 Å². The van der Waals surface area contributed by atoms with E-state index >= 15 is 0 Å². The summed E-state index contributed by atoms with van der Waals surface area (Å²) in [7, 11) is 0. The smallest absolute Gasteiger partial charge is 0.196 e. The SMILES string of the molecule is c1ccc(-c2ccc(N(c3ccc(-c4ccc5c(c4)c4c(c6ccccc65)OC(c5ccccc5)N4)cc3)c3cccc4ccccc34)cc2)cc1. The van der Waals surface area contributed by atoms with Gasteiger partial charge < -0.3 is 15.0 Å². The highest BCUT2D eigenvalue weighted by molar-refractivity contribution is 6.18. The number of nitrogens with zero attached hydrogens (tertiary/aromatic N) is 1. The van der Waals surface area contributed by atoms with E-state index in [9.17, 15) is 0 Å². The lowest BCUT2D eigenvalue weighted by molar-refractivity contribution is 0.262. The summed E-state index contributed by atoms with van der Waals surface area (Å²) in [5.41, 5.74) is 10.2. The Balaban J connectivity index is 1.06. The predicted octanol–water partition coefficient (Wildman–Crippen LogP) is 13.5. The maximum absolute atomic E-state index is 6.63. The van der Waals surface area contributed by atoms with Crippen LogP contribution in [-0.2, 0) is 0 Å². The first-order chi connectivity index (χ1) is 25.8. The molecule has 52 heavy (non-hydrogen) atoms. The van der Waals surface area contributed by atoms with Crippen molar-refractivity contribution in [2.24, 2.45) is 0 Å². The van der Waals surface area contributed by atoms with E-state index in [0.29, 0.717) is 0 Å². The largest absolute Gasteiger partial charge is 0.464 e. The van der Waals surface area contributed by atoms with E-state index < -0.39 is 0 Å². The topological polar surface area (TPSA) is 24.5 Å². The molecule has 9 aromatic rings. The molecule has 1 unspecified atom stereocenters. The van der Waals surface area contributed by atoms with Crippen molar-refractivity contribution in [3.63, 3.8) is 0 Å². The van der Waals surface area contributed by atoms with Crippen LogP contribution in [0.5, 0.6) is 5.75 Å². The molecule has 3 nitrogen and oxygen atoms in total. The molecule has 0 aliphatic carbocycles. The first kappa shape index (κ1) is 30.0. The highest BCUT2D eigenvalue weighted by Gasteiger charge is 2.28. The van der Waals surface area contributed by atoms with Gasteiger partial charge in [-0.05, 0) is 74.8 Å². The van der Waals surface area contributed by atoms with Crippen LogP contribution in [0.15, 0.2) is 194 Å². The van der Waals surface area contributed by atoms with Gasteiger partial charge in [-0.3, -0.25) is 0 Å². The van der Waals surface area contributed by atoms with Crippen LogP contribution in [0.25, 0.3) is 54.6 Å². The minimum atomic E-state index is -0.241. The Labute approximate surface area is 303 Å². The van der Waals surface area contributed by atoms with Gasteiger partial charge in [-0.25, -0.2) is 0 Å². The third-order valence-corrected chi connectivity index (χ3v) is 10.3. The maximum Gasteiger partial charge on any atom is 0.196 e. The van der Waals surface area contributed by atoms with Gasteiger partial charge in [0.15, 0.2) is 12.0 Å². The Morgan fingerprint density at radius 2 is 0.942 bits per heavy atom. The lowest BCUT2D eigenvalue weighted by atomic mass is 9.95. The Bertz CT molecular complexity index is 2720. The van der Waals surface area contributed by atoms with Crippen LogP contribution in [0.4, 0.5) is 22.7 Å². The first-order valence-electron chi connectivity index (χ1n) is 17.8. The van der Waals surface area contributed by atoms with Crippen molar-refractivity contribution < 1.29 is 4.74 Å². The fraction of sp³-hybridized carbons (Fsp3) is 0.0204. The lowest BCUT2D eigenvalue weighted by Gasteiger charge is -2.27.